The Morgan fingerprint density at radius 3 is 2.54 bits per heavy atom. The highest BCUT2D eigenvalue weighted by atomic mass is 32.2. The van der Waals surface area contributed by atoms with Crippen molar-refractivity contribution in [2.45, 2.75) is 38.6 Å². The number of rotatable bonds is 6. The van der Waals surface area contributed by atoms with E-state index < -0.39 is 22.0 Å². The topological polar surface area (TPSA) is 113 Å². The smallest absolute Gasteiger partial charge is 0.255 e. The van der Waals surface area contributed by atoms with Crippen molar-refractivity contribution in [1.82, 2.24) is 24.7 Å². The molecule has 9 nitrogen and oxygen atoms in total. The number of carbonyl (C=O) groups is 2. The zero-order valence-corrected chi connectivity index (χ0v) is 21.0. The van der Waals surface area contributed by atoms with E-state index in [1.54, 1.807) is 24.6 Å². The fourth-order valence-electron chi connectivity index (χ4n) is 4.47. The van der Waals surface area contributed by atoms with Gasteiger partial charge in [-0.3, -0.25) is 9.59 Å². The van der Waals surface area contributed by atoms with Gasteiger partial charge in [-0.05, 0) is 50.6 Å². The number of benzene rings is 2. The number of piperazine rings is 1. The van der Waals surface area contributed by atoms with Gasteiger partial charge in [0.15, 0.2) is 0 Å². The van der Waals surface area contributed by atoms with Gasteiger partial charge in [0.1, 0.15) is 6.04 Å². The van der Waals surface area contributed by atoms with Gasteiger partial charge in [0.05, 0.1) is 16.3 Å². The molecule has 0 bridgehead atoms. The molecule has 1 saturated heterocycles. The number of aromatic nitrogens is 2. The van der Waals surface area contributed by atoms with Gasteiger partial charge < -0.3 is 10.2 Å². The molecule has 1 unspecified atom stereocenters. The van der Waals surface area contributed by atoms with Gasteiger partial charge in [0.25, 0.3) is 5.91 Å². The van der Waals surface area contributed by atoms with Crippen LogP contribution in [0.5, 0.6) is 0 Å². The molecule has 1 atom stereocenters. The second kappa shape index (κ2) is 9.63. The van der Waals surface area contributed by atoms with Crippen molar-refractivity contribution in [3.05, 3.63) is 76.6 Å². The number of para-hydroxylation sites is 1. The summed E-state index contributed by atoms with van der Waals surface area (Å²) in [6, 6.07) is 13.2. The van der Waals surface area contributed by atoms with Gasteiger partial charge in [0, 0.05) is 36.5 Å². The van der Waals surface area contributed by atoms with Crippen LogP contribution >= 0.6 is 0 Å². The first-order chi connectivity index (χ1) is 16.7. The highest BCUT2D eigenvalue weighted by molar-refractivity contribution is 7.89. The average molecular weight is 496 g/mol. The zero-order valence-electron chi connectivity index (χ0n) is 20.2. The van der Waals surface area contributed by atoms with E-state index in [-0.39, 0.29) is 29.5 Å². The van der Waals surface area contributed by atoms with Crippen molar-refractivity contribution in [3.63, 3.8) is 0 Å². The van der Waals surface area contributed by atoms with Gasteiger partial charge in [-0.2, -0.15) is 5.10 Å². The quantitative estimate of drug-likeness (QED) is 0.545. The molecule has 184 valence electrons. The number of aryl methyl sites for hydroxylation is 2. The summed E-state index contributed by atoms with van der Waals surface area (Å²) in [5.74, 6) is -0.695. The van der Waals surface area contributed by atoms with Crippen LogP contribution in [-0.2, 0) is 14.8 Å². The molecular weight excluding hydrogens is 466 g/mol. The molecule has 0 radical (unpaired) electrons. The Kier molecular flexibility index (Phi) is 6.77. The first kappa shape index (κ1) is 24.6. The lowest BCUT2D eigenvalue weighted by Gasteiger charge is -2.35. The lowest BCUT2D eigenvalue weighted by molar-refractivity contribution is -0.128. The van der Waals surface area contributed by atoms with Crippen molar-refractivity contribution in [3.8, 4) is 5.69 Å². The number of hydrogen-bond donors (Lipinski definition) is 2. The van der Waals surface area contributed by atoms with Crippen LogP contribution < -0.4 is 10.0 Å². The lowest BCUT2D eigenvalue weighted by atomic mass is 9.98. The average Bonchev–Trinajstić information content (AvgIpc) is 3.12. The molecule has 2 heterocycles. The van der Waals surface area contributed by atoms with Crippen molar-refractivity contribution in [2.24, 2.45) is 0 Å². The largest absolute Gasteiger partial charge is 0.352 e. The number of amides is 2. The number of nitrogens with one attached hydrogen (secondary N) is 2. The third-order valence-electron chi connectivity index (χ3n) is 6.18. The maximum atomic E-state index is 13.8. The molecule has 1 aliphatic heterocycles. The molecule has 1 fully saturated rings. The van der Waals surface area contributed by atoms with E-state index >= 15 is 0 Å². The molecule has 10 heteroatoms. The summed E-state index contributed by atoms with van der Waals surface area (Å²) >= 11 is 0. The number of nitrogens with zero attached hydrogens (tertiary/aromatic N) is 3. The third-order valence-corrected chi connectivity index (χ3v) is 7.72. The van der Waals surface area contributed by atoms with Crippen LogP contribution in [-0.4, -0.2) is 54.5 Å². The Morgan fingerprint density at radius 2 is 1.86 bits per heavy atom. The van der Waals surface area contributed by atoms with E-state index in [2.05, 4.69) is 15.1 Å². The Hall–Kier alpha value is -3.50. The fraction of sp³-hybridized carbons (Fsp3) is 0.320. The summed E-state index contributed by atoms with van der Waals surface area (Å²) in [6.45, 7) is 7.96. The van der Waals surface area contributed by atoms with E-state index in [1.807, 2.05) is 44.2 Å². The molecule has 0 spiro atoms. The molecule has 1 aliphatic rings. The summed E-state index contributed by atoms with van der Waals surface area (Å²) in [4.78, 5) is 28.5. The predicted molar refractivity (Wildman–Crippen MR) is 132 cm³/mol. The SMILES string of the molecule is CCNS(=O)(=O)c1ccc(C)c(C(=O)N2CCNC(=O)C2c2c(C)nn(-c3ccccc3)c2C)c1. The molecular formula is C25H29N5O4S. The Labute approximate surface area is 205 Å². The molecule has 0 aliphatic carbocycles. The normalized spacial score (nSPS) is 16.3. The summed E-state index contributed by atoms with van der Waals surface area (Å²) < 4.78 is 29.3. The maximum Gasteiger partial charge on any atom is 0.255 e. The van der Waals surface area contributed by atoms with E-state index in [0.29, 0.717) is 23.4 Å². The summed E-state index contributed by atoms with van der Waals surface area (Å²) in [5, 5.41) is 7.51. The van der Waals surface area contributed by atoms with Crippen LogP contribution in [0.25, 0.3) is 5.69 Å². The molecule has 3 aromatic rings. The van der Waals surface area contributed by atoms with Crippen molar-refractivity contribution < 1.29 is 18.0 Å². The van der Waals surface area contributed by atoms with E-state index in [4.69, 9.17) is 0 Å². The van der Waals surface area contributed by atoms with E-state index in [9.17, 15) is 18.0 Å². The van der Waals surface area contributed by atoms with Gasteiger partial charge >= 0.3 is 0 Å². The molecule has 2 aromatic carbocycles. The van der Waals surface area contributed by atoms with Gasteiger partial charge in [-0.15, -0.1) is 0 Å². The molecule has 0 saturated carbocycles. The first-order valence-electron chi connectivity index (χ1n) is 11.5. The number of hydrogen-bond acceptors (Lipinski definition) is 5. The van der Waals surface area contributed by atoms with Crippen LogP contribution in [0.2, 0.25) is 0 Å². The second-order valence-electron chi connectivity index (χ2n) is 8.50. The van der Waals surface area contributed by atoms with Gasteiger partial charge in [0.2, 0.25) is 15.9 Å². The highest BCUT2D eigenvalue weighted by Gasteiger charge is 2.39. The van der Waals surface area contributed by atoms with Gasteiger partial charge in [-0.1, -0.05) is 31.2 Å². The molecule has 1 aromatic heterocycles. The predicted octanol–water partition coefficient (Wildman–Crippen LogP) is 2.41. The standard InChI is InChI=1S/C25H29N5O4S/c1-5-27-35(33,34)20-12-11-16(2)21(15-20)25(32)29-14-13-26-24(31)23(29)22-17(3)28-30(18(22)4)19-9-7-6-8-10-19/h6-12,15,23,27H,5,13-14H2,1-4H3,(H,26,31). The van der Waals surface area contributed by atoms with E-state index in [0.717, 1.165) is 11.4 Å². The molecule has 2 amide bonds. The second-order valence-corrected chi connectivity index (χ2v) is 10.3. The molecule has 2 N–H and O–H groups in total. The van der Waals surface area contributed by atoms with Crippen LogP contribution in [0, 0.1) is 20.8 Å². The number of carbonyl (C=O) groups excluding carboxylic acids is 2. The molecule has 35 heavy (non-hydrogen) atoms. The van der Waals surface area contributed by atoms with Crippen molar-refractivity contribution >= 4 is 21.8 Å². The monoisotopic (exact) mass is 495 g/mol. The maximum absolute atomic E-state index is 13.8. The van der Waals surface area contributed by atoms with Crippen LogP contribution in [0.15, 0.2) is 53.4 Å². The minimum atomic E-state index is -3.74. The van der Waals surface area contributed by atoms with Crippen molar-refractivity contribution in [2.75, 3.05) is 19.6 Å². The van der Waals surface area contributed by atoms with Crippen molar-refractivity contribution in [1.29, 1.82) is 0 Å². The minimum Gasteiger partial charge on any atom is -0.352 e. The Balaban J connectivity index is 1.78. The highest BCUT2D eigenvalue weighted by Crippen LogP contribution is 2.32. The molecule has 4 rings (SSSR count). The fourth-order valence-corrected chi connectivity index (χ4v) is 5.54. The van der Waals surface area contributed by atoms with Crippen LogP contribution in [0.1, 0.15) is 45.8 Å². The van der Waals surface area contributed by atoms with Crippen LogP contribution in [0.3, 0.4) is 0 Å². The third kappa shape index (κ3) is 4.59. The number of sulfonamides is 1. The first-order valence-corrected chi connectivity index (χ1v) is 12.9. The lowest BCUT2D eigenvalue weighted by Crippen LogP contribution is -2.52. The summed E-state index contributed by atoms with van der Waals surface area (Å²) in [7, 11) is -3.74. The Morgan fingerprint density at radius 1 is 1.14 bits per heavy atom. The zero-order chi connectivity index (χ0) is 25.3. The summed E-state index contributed by atoms with van der Waals surface area (Å²) in [6.07, 6.45) is 0. The van der Waals surface area contributed by atoms with Crippen LogP contribution in [0.4, 0.5) is 0 Å². The van der Waals surface area contributed by atoms with E-state index in [1.165, 1.54) is 17.0 Å². The van der Waals surface area contributed by atoms with Gasteiger partial charge in [-0.25, -0.2) is 17.8 Å². The minimum absolute atomic E-state index is 0.00979. The summed E-state index contributed by atoms with van der Waals surface area (Å²) in [5.41, 5.74) is 3.79. The Bertz CT molecular complexity index is 1380.